The molecule has 132 valence electrons. The Morgan fingerprint density at radius 2 is 1.79 bits per heavy atom. The Balaban J connectivity index is 2.20. The SMILES string of the molecule is C[C@](O)(c1ccc(C(=O)N(NC(=O)CO)C2CC2)cc1)C(F)(F)F. The van der Waals surface area contributed by atoms with Gasteiger partial charge in [-0.3, -0.25) is 15.0 Å². The van der Waals surface area contributed by atoms with Gasteiger partial charge in [0.1, 0.15) is 6.61 Å². The molecule has 0 spiro atoms. The van der Waals surface area contributed by atoms with Crippen LogP contribution in [0.1, 0.15) is 35.7 Å². The van der Waals surface area contributed by atoms with Gasteiger partial charge in [-0.15, -0.1) is 0 Å². The fourth-order valence-electron chi connectivity index (χ4n) is 2.05. The van der Waals surface area contributed by atoms with E-state index < -0.39 is 35.8 Å². The lowest BCUT2D eigenvalue weighted by Crippen LogP contribution is -2.48. The van der Waals surface area contributed by atoms with E-state index in [4.69, 9.17) is 5.11 Å². The first-order chi connectivity index (χ1) is 11.1. The number of amides is 2. The molecule has 2 amide bonds. The van der Waals surface area contributed by atoms with Crippen molar-refractivity contribution in [2.45, 2.75) is 37.6 Å². The summed E-state index contributed by atoms with van der Waals surface area (Å²) >= 11 is 0. The smallest absolute Gasteiger partial charge is 0.386 e. The van der Waals surface area contributed by atoms with Gasteiger partial charge in [0, 0.05) is 5.56 Å². The summed E-state index contributed by atoms with van der Waals surface area (Å²) in [7, 11) is 0. The van der Waals surface area contributed by atoms with E-state index in [2.05, 4.69) is 5.43 Å². The van der Waals surface area contributed by atoms with Gasteiger partial charge in [-0.25, -0.2) is 5.01 Å². The molecular weight excluding hydrogens is 329 g/mol. The summed E-state index contributed by atoms with van der Waals surface area (Å²) in [5.74, 6) is -1.36. The zero-order chi connectivity index (χ0) is 18.1. The molecule has 0 radical (unpaired) electrons. The van der Waals surface area contributed by atoms with Crippen molar-refractivity contribution in [3.8, 4) is 0 Å². The summed E-state index contributed by atoms with van der Waals surface area (Å²) in [6.45, 7) is -0.161. The summed E-state index contributed by atoms with van der Waals surface area (Å²) < 4.78 is 38.4. The van der Waals surface area contributed by atoms with Gasteiger partial charge in [-0.2, -0.15) is 13.2 Å². The van der Waals surface area contributed by atoms with Gasteiger partial charge in [-0.1, -0.05) is 12.1 Å². The monoisotopic (exact) mass is 346 g/mol. The molecule has 1 aromatic rings. The molecule has 0 saturated heterocycles. The fraction of sp³-hybridized carbons (Fsp3) is 0.467. The number of aliphatic hydroxyl groups excluding tert-OH is 1. The summed E-state index contributed by atoms with van der Waals surface area (Å²) in [5, 5.41) is 19.4. The predicted octanol–water partition coefficient (Wildman–Crippen LogP) is 1.08. The molecule has 1 aliphatic rings. The minimum absolute atomic E-state index is 0.0573. The van der Waals surface area contributed by atoms with Crippen molar-refractivity contribution in [2.24, 2.45) is 0 Å². The van der Waals surface area contributed by atoms with Crippen molar-refractivity contribution in [2.75, 3.05) is 6.61 Å². The summed E-state index contributed by atoms with van der Waals surface area (Å²) in [6, 6.07) is 4.13. The van der Waals surface area contributed by atoms with E-state index in [9.17, 15) is 27.9 Å². The number of carbonyl (C=O) groups excluding carboxylic acids is 2. The number of hydrogen-bond donors (Lipinski definition) is 3. The minimum Gasteiger partial charge on any atom is -0.386 e. The Kier molecular flexibility index (Phi) is 4.86. The molecule has 1 aromatic carbocycles. The van der Waals surface area contributed by atoms with Crippen LogP contribution >= 0.6 is 0 Å². The van der Waals surface area contributed by atoms with Crippen LogP contribution in [0.4, 0.5) is 13.2 Å². The van der Waals surface area contributed by atoms with Crippen molar-refractivity contribution in [1.82, 2.24) is 10.4 Å². The van der Waals surface area contributed by atoms with Crippen molar-refractivity contribution >= 4 is 11.8 Å². The van der Waals surface area contributed by atoms with E-state index in [0.717, 1.165) is 29.3 Å². The topological polar surface area (TPSA) is 89.9 Å². The van der Waals surface area contributed by atoms with Crippen molar-refractivity contribution in [3.05, 3.63) is 35.4 Å². The van der Waals surface area contributed by atoms with Gasteiger partial charge in [0.05, 0.1) is 6.04 Å². The highest BCUT2D eigenvalue weighted by Gasteiger charge is 2.51. The van der Waals surface area contributed by atoms with Gasteiger partial charge in [-0.05, 0) is 37.5 Å². The molecule has 0 aliphatic heterocycles. The maximum absolute atomic E-state index is 12.8. The van der Waals surface area contributed by atoms with Crippen LogP contribution in [0.2, 0.25) is 0 Å². The average Bonchev–Trinajstić information content (AvgIpc) is 3.35. The number of hydrazine groups is 1. The molecule has 3 N–H and O–H groups in total. The van der Waals surface area contributed by atoms with Crippen molar-refractivity contribution < 1.29 is 33.0 Å². The van der Waals surface area contributed by atoms with E-state index in [1.165, 1.54) is 0 Å². The number of carbonyl (C=O) groups is 2. The van der Waals surface area contributed by atoms with Gasteiger partial charge >= 0.3 is 6.18 Å². The lowest BCUT2D eigenvalue weighted by molar-refractivity contribution is -0.258. The second-order valence-corrected chi connectivity index (χ2v) is 5.75. The summed E-state index contributed by atoms with van der Waals surface area (Å²) in [6.07, 6.45) is -3.50. The maximum atomic E-state index is 12.8. The predicted molar refractivity (Wildman–Crippen MR) is 76.5 cm³/mol. The quantitative estimate of drug-likeness (QED) is 0.712. The third kappa shape index (κ3) is 3.68. The lowest BCUT2D eigenvalue weighted by atomic mass is 9.94. The third-order valence-electron chi connectivity index (χ3n) is 3.77. The van der Waals surface area contributed by atoms with E-state index in [-0.39, 0.29) is 11.6 Å². The van der Waals surface area contributed by atoms with Crippen molar-refractivity contribution in [3.63, 3.8) is 0 Å². The van der Waals surface area contributed by atoms with Crippen LogP contribution in [-0.4, -0.2) is 45.9 Å². The molecule has 1 atom stereocenters. The minimum atomic E-state index is -4.85. The van der Waals surface area contributed by atoms with Gasteiger partial charge in [0.2, 0.25) is 0 Å². The number of alkyl halides is 3. The summed E-state index contributed by atoms with van der Waals surface area (Å²) in [4.78, 5) is 23.7. The molecule has 24 heavy (non-hydrogen) atoms. The van der Waals surface area contributed by atoms with Crippen LogP contribution in [0.5, 0.6) is 0 Å². The highest BCUT2D eigenvalue weighted by atomic mass is 19.4. The highest BCUT2D eigenvalue weighted by molar-refractivity contribution is 5.96. The van der Waals surface area contributed by atoms with E-state index in [1.54, 1.807) is 0 Å². The van der Waals surface area contributed by atoms with Crippen LogP contribution in [-0.2, 0) is 10.4 Å². The first kappa shape index (κ1) is 18.2. The molecule has 1 fully saturated rings. The number of nitrogens with one attached hydrogen (secondary N) is 1. The standard InChI is InChI=1S/C15H17F3N2O4/c1-14(24,15(16,17)18)10-4-2-9(3-5-10)13(23)20(11-6-7-11)19-12(22)8-21/h2-5,11,21,24H,6-8H2,1H3,(H,19,22)/t14-/m0/s1. The second-order valence-electron chi connectivity index (χ2n) is 5.75. The Morgan fingerprint density at radius 3 is 2.21 bits per heavy atom. The molecule has 0 bridgehead atoms. The zero-order valence-corrected chi connectivity index (χ0v) is 12.8. The molecule has 0 aromatic heterocycles. The number of halogens is 3. The van der Waals surface area contributed by atoms with Crippen LogP contribution < -0.4 is 5.43 Å². The first-order valence-corrected chi connectivity index (χ1v) is 7.21. The number of benzene rings is 1. The second kappa shape index (κ2) is 6.40. The third-order valence-corrected chi connectivity index (χ3v) is 3.77. The molecular formula is C15H17F3N2O4. The van der Waals surface area contributed by atoms with E-state index >= 15 is 0 Å². The van der Waals surface area contributed by atoms with Gasteiger partial charge in [0.25, 0.3) is 11.8 Å². The van der Waals surface area contributed by atoms with Crippen LogP contribution in [0.25, 0.3) is 0 Å². The van der Waals surface area contributed by atoms with Gasteiger partial charge < -0.3 is 10.2 Å². The Bertz CT molecular complexity index is 625. The van der Waals surface area contributed by atoms with Crippen molar-refractivity contribution in [1.29, 1.82) is 0 Å². The number of hydrogen-bond acceptors (Lipinski definition) is 4. The van der Waals surface area contributed by atoms with Crippen LogP contribution in [0.3, 0.4) is 0 Å². The largest absolute Gasteiger partial charge is 0.421 e. The maximum Gasteiger partial charge on any atom is 0.421 e. The molecule has 6 nitrogen and oxygen atoms in total. The van der Waals surface area contributed by atoms with Crippen LogP contribution in [0.15, 0.2) is 24.3 Å². The first-order valence-electron chi connectivity index (χ1n) is 7.21. The summed E-state index contributed by atoms with van der Waals surface area (Å²) in [5.41, 5.74) is -1.11. The highest BCUT2D eigenvalue weighted by Crippen LogP contribution is 2.38. The van der Waals surface area contributed by atoms with Gasteiger partial charge in [0.15, 0.2) is 5.60 Å². The molecule has 2 rings (SSSR count). The van der Waals surface area contributed by atoms with E-state index in [1.807, 2.05) is 0 Å². The molecule has 9 heteroatoms. The Labute approximate surface area is 135 Å². The van der Waals surface area contributed by atoms with Crippen LogP contribution in [0, 0.1) is 0 Å². The number of aliphatic hydroxyl groups is 2. The fourth-order valence-corrected chi connectivity index (χ4v) is 2.05. The molecule has 1 aliphatic carbocycles. The molecule has 0 heterocycles. The Hall–Kier alpha value is -2.13. The molecule has 0 unspecified atom stereocenters. The average molecular weight is 346 g/mol. The zero-order valence-electron chi connectivity index (χ0n) is 12.8. The molecule has 1 saturated carbocycles. The number of rotatable bonds is 4. The van der Waals surface area contributed by atoms with E-state index in [0.29, 0.717) is 19.8 Å². The normalized spacial score (nSPS) is 17.1. The Morgan fingerprint density at radius 1 is 1.25 bits per heavy atom. The lowest BCUT2D eigenvalue weighted by Gasteiger charge is -2.27. The number of nitrogens with zero attached hydrogens (tertiary/aromatic N) is 1.